The van der Waals surface area contributed by atoms with E-state index >= 15 is 0 Å². The Morgan fingerprint density at radius 2 is 1.64 bits per heavy atom. The van der Waals surface area contributed by atoms with Gasteiger partial charge in [0.15, 0.2) is 0 Å². The summed E-state index contributed by atoms with van der Waals surface area (Å²) in [5.41, 5.74) is 0.991. The van der Waals surface area contributed by atoms with Crippen molar-refractivity contribution in [2.24, 2.45) is 0 Å². The first-order chi connectivity index (χ1) is 13.1. The monoisotopic (exact) mass is 429 g/mol. The number of amides is 1. The molecule has 0 spiro atoms. The molecule has 0 saturated carbocycles. The number of hydrogen-bond acceptors (Lipinski definition) is 4. The van der Waals surface area contributed by atoms with Gasteiger partial charge in [-0.15, -0.1) is 12.4 Å². The van der Waals surface area contributed by atoms with E-state index in [0.717, 1.165) is 57.2 Å². The number of rotatable bonds is 6. The van der Waals surface area contributed by atoms with Gasteiger partial charge in [0, 0.05) is 25.6 Å². The van der Waals surface area contributed by atoms with Gasteiger partial charge in [-0.25, -0.2) is 8.42 Å². The van der Waals surface area contributed by atoms with E-state index in [9.17, 15) is 13.2 Å². The van der Waals surface area contributed by atoms with Crippen LogP contribution in [-0.2, 0) is 21.2 Å². The molecule has 2 N–H and O–H groups in total. The van der Waals surface area contributed by atoms with Crippen LogP contribution in [0, 0.1) is 0 Å². The first-order valence-electron chi connectivity index (χ1n) is 10.1. The molecule has 0 radical (unpaired) electrons. The fraction of sp³-hybridized carbons (Fsp3) is 0.650. The van der Waals surface area contributed by atoms with E-state index in [-0.39, 0.29) is 24.4 Å². The molecule has 6 nitrogen and oxygen atoms in total. The van der Waals surface area contributed by atoms with Crippen LogP contribution in [0.4, 0.5) is 0 Å². The second-order valence-corrected chi connectivity index (χ2v) is 9.49. The molecule has 28 heavy (non-hydrogen) atoms. The van der Waals surface area contributed by atoms with Gasteiger partial charge in [0.2, 0.25) is 15.9 Å². The molecular weight excluding hydrogens is 398 g/mol. The largest absolute Gasteiger partial charge is 0.353 e. The van der Waals surface area contributed by atoms with Gasteiger partial charge in [0.05, 0.1) is 4.90 Å². The molecule has 2 fully saturated rings. The van der Waals surface area contributed by atoms with Gasteiger partial charge in [-0.3, -0.25) is 4.79 Å². The summed E-state index contributed by atoms with van der Waals surface area (Å²) in [5.74, 6) is 0.0724. The summed E-state index contributed by atoms with van der Waals surface area (Å²) in [7, 11) is -3.40. The highest BCUT2D eigenvalue weighted by Crippen LogP contribution is 2.21. The van der Waals surface area contributed by atoms with Gasteiger partial charge >= 0.3 is 0 Å². The molecule has 2 aliphatic rings. The van der Waals surface area contributed by atoms with Crippen molar-refractivity contribution in [3.63, 3.8) is 0 Å². The molecule has 158 valence electrons. The third-order valence-electron chi connectivity index (χ3n) is 5.47. The maximum Gasteiger partial charge on any atom is 0.243 e. The predicted octanol–water partition coefficient (Wildman–Crippen LogP) is 2.47. The van der Waals surface area contributed by atoms with E-state index in [2.05, 4.69) is 10.6 Å². The Bertz CT molecular complexity index is 711. The summed E-state index contributed by atoms with van der Waals surface area (Å²) in [6.07, 6.45) is 7.09. The summed E-state index contributed by atoms with van der Waals surface area (Å²) in [5, 5.41) is 6.38. The second kappa shape index (κ2) is 11.1. The number of nitrogens with one attached hydrogen (secondary N) is 2. The SMILES string of the molecule is Cl.O=C(CCc1ccc(S(=O)(=O)N2CCCCCC2)cc1)NC1CCNCC1. The van der Waals surface area contributed by atoms with Crippen LogP contribution in [0.25, 0.3) is 0 Å². The minimum absolute atomic E-state index is 0. The highest BCUT2D eigenvalue weighted by molar-refractivity contribution is 7.89. The minimum Gasteiger partial charge on any atom is -0.353 e. The van der Waals surface area contributed by atoms with Crippen LogP contribution in [-0.4, -0.2) is 50.9 Å². The third kappa shape index (κ3) is 6.44. The van der Waals surface area contributed by atoms with Gasteiger partial charge in [-0.1, -0.05) is 25.0 Å². The lowest BCUT2D eigenvalue weighted by molar-refractivity contribution is -0.121. The van der Waals surface area contributed by atoms with Crippen molar-refractivity contribution in [3.8, 4) is 0 Å². The Kier molecular flexibility index (Phi) is 9.21. The normalized spacial score (nSPS) is 19.4. The molecule has 0 aromatic heterocycles. The molecule has 0 aliphatic carbocycles. The lowest BCUT2D eigenvalue weighted by atomic mass is 10.1. The standard InChI is InChI=1S/C20H31N3O3S.ClH/c24-20(22-18-11-13-21-14-12-18)10-7-17-5-8-19(9-6-17)27(25,26)23-15-3-1-2-4-16-23;/h5-6,8-9,18,21H,1-4,7,10-16H2,(H,22,24);1H. The molecule has 0 bridgehead atoms. The molecule has 1 aromatic rings. The van der Waals surface area contributed by atoms with E-state index in [1.807, 2.05) is 12.1 Å². The van der Waals surface area contributed by atoms with Crippen molar-refractivity contribution in [3.05, 3.63) is 29.8 Å². The van der Waals surface area contributed by atoms with E-state index in [1.165, 1.54) is 0 Å². The van der Waals surface area contributed by atoms with Gasteiger partial charge in [0.25, 0.3) is 0 Å². The first-order valence-corrected chi connectivity index (χ1v) is 11.6. The molecule has 8 heteroatoms. The maximum atomic E-state index is 12.8. The summed E-state index contributed by atoms with van der Waals surface area (Å²) in [6, 6.07) is 7.31. The Labute approximate surface area is 174 Å². The quantitative estimate of drug-likeness (QED) is 0.728. The number of benzene rings is 1. The number of hydrogen-bond donors (Lipinski definition) is 2. The fourth-order valence-corrected chi connectivity index (χ4v) is 5.30. The molecule has 1 amide bonds. The Hall–Kier alpha value is -1.15. The van der Waals surface area contributed by atoms with Crippen LogP contribution in [0.2, 0.25) is 0 Å². The number of carbonyl (C=O) groups excluding carboxylic acids is 1. The molecular formula is C20H32ClN3O3S. The zero-order valence-electron chi connectivity index (χ0n) is 16.4. The highest BCUT2D eigenvalue weighted by Gasteiger charge is 2.25. The second-order valence-electron chi connectivity index (χ2n) is 7.55. The van der Waals surface area contributed by atoms with Crippen molar-refractivity contribution in [2.45, 2.75) is 62.3 Å². The van der Waals surface area contributed by atoms with Crippen LogP contribution in [0.1, 0.15) is 50.5 Å². The lowest BCUT2D eigenvalue weighted by Crippen LogP contribution is -2.42. The van der Waals surface area contributed by atoms with Crippen LogP contribution in [0.15, 0.2) is 29.2 Å². The molecule has 3 rings (SSSR count). The van der Waals surface area contributed by atoms with E-state index in [0.29, 0.717) is 30.8 Å². The molecule has 2 heterocycles. The molecule has 0 atom stereocenters. The Balaban J connectivity index is 0.00000280. The highest BCUT2D eigenvalue weighted by atomic mass is 35.5. The lowest BCUT2D eigenvalue weighted by Gasteiger charge is -2.23. The zero-order valence-corrected chi connectivity index (χ0v) is 18.0. The van der Waals surface area contributed by atoms with Crippen molar-refractivity contribution in [1.29, 1.82) is 0 Å². The third-order valence-corrected chi connectivity index (χ3v) is 7.38. The smallest absolute Gasteiger partial charge is 0.243 e. The number of halogens is 1. The summed E-state index contributed by atoms with van der Waals surface area (Å²) in [4.78, 5) is 12.5. The first kappa shape index (κ1) is 23.1. The summed E-state index contributed by atoms with van der Waals surface area (Å²) in [6.45, 7) is 3.14. The molecule has 0 unspecified atom stereocenters. The van der Waals surface area contributed by atoms with Crippen LogP contribution >= 0.6 is 12.4 Å². The minimum atomic E-state index is -3.40. The average Bonchev–Trinajstić information content (AvgIpc) is 2.98. The van der Waals surface area contributed by atoms with Crippen LogP contribution in [0.3, 0.4) is 0 Å². The summed E-state index contributed by atoms with van der Waals surface area (Å²) >= 11 is 0. The number of sulfonamides is 1. The number of nitrogens with zero attached hydrogens (tertiary/aromatic N) is 1. The van der Waals surface area contributed by atoms with Crippen molar-refractivity contribution in [1.82, 2.24) is 14.9 Å². The van der Waals surface area contributed by atoms with E-state index in [4.69, 9.17) is 0 Å². The molecule has 2 aliphatic heterocycles. The van der Waals surface area contributed by atoms with E-state index in [1.54, 1.807) is 16.4 Å². The topological polar surface area (TPSA) is 78.5 Å². The van der Waals surface area contributed by atoms with Crippen molar-refractivity contribution < 1.29 is 13.2 Å². The predicted molar refractivity (Wildman–Crippen MR) is 113 cm³/mol. The Morgan fingerprint density at radius 3 is 2.25 bits per heavy atom. The van der Waals surface area contributed by atoms with Crippen molar-refractivity contribution in [2.75, 3.05) is 26.2 Å². The van der Waals surface area contributed by atoms with Gasteiger partial charge in [0.1, 0.15) is 0 Å². The van der Waals surface area contributed by atoms with Gasteiger partial charge < -0.3 is 10.6 Å². The molecule has 2 saturated heterocycles. The van der Waals surface area contributed by atoms with Crippen LogP contribution < -0.4 is 10.6 Å². The number of aryl methyl sites for hydroxylation is 1. The van der Waals surface area contributed by atoms with Gasteiger partial charge in [-0.05, 0) is 62.9 Å². The summed E-state index contributed by atoms with van der Waals surface area (Å²) < 4.78 is 27.2. The van der Waals surface area contributed by atoms with Gasteiger partial charge in [-0.2, -0.15) is 4.31 Å². The number of piperidine rings is 1. The molecule has 1 aromatic carbocycles. The maximum absolute atomic E-state index is 12.8. The number of carbonyl (C=O) groups is 1. The van der Waals surface area contributed by atoms with Crippen LogP contribution in [0.5, 0.6) is 0 Å². The fourth-order valence-electron chi connectivity index (χ4n) is 3.78. The van der Waals surface area contributed by atoms with E-state index < -0.39 is 10.0 Å². The average molecular weight is 430 g/mol. The van der Waals surface area contributed by atoms with Crippen molar-refractivity contribution >= 4 is 28.3 Å². The zero-order chi connectivity index (χ0) is 19.1. The Morgan fingerprint density at radius 1 is 1.04 bits per heavy atom.